The average Bonchev–Trinajstić information content (AvgIpc) is 2.46. The zero-order valence-electron chi connectivity index (χ0n) is 11.5. The van der Waals surface area contributed by atoms with Crippen molar-refractivity contribution < 1.29 is 19.4 Å². The third-order valence-electron chi connectivity index (χ3n) is 2.77. The monoisotopic (exact) mass is 308 g/mol. The summed E-state index contributed by atoms with van der Waals surface area (Å²) < 4.78 is 10.4. The number of carboxylic acids is 1. The first-order valence-electron chi connectivity index (χ1n) is 6.01. The van der Waals surface area contributed by atoms with Crippen LogP contribution >= 0.6 is 11.6 Å². The van der Waals surface area contributed by atoms with Gasteiger partial charge < -0.3 is 14.6 Å². The van der Waals surface area contributed by atoms with Crippen molar-refractivity contribution in [2.75, 3.05) is 14.2 Å². The summed E-state index contributed by atoms with van der Waals surface area (Å²) in [5.74, 6) is 0.370. The first-order valence-corrected chi connectivity index (χ1v) is 6.39. The lowest BCUT2D eigenvalue weighted by Gasteiger charge is -2.09. The average molecular weight is 309 g/mol. The van der Waals surface area contributed by atoms with Crippen LogP contribution < -0.4 is 9.47 Å². The summed E-state index contributed by atoms with van der Waals surface area (Å²) in [4.78, 5) is 18.9. The summed E-state index contributed by atoms with van der Waals surface area (Å²) >= 11 is 5.81. The van der Waals surface area contributed by atoms with Gasteiger partial charge in [-0.2, -0.15) is 0 Å². The molecule has 7 heteroatoms. The molecule has 110 valence electrons. The lowest BCUT2D eigenvalue weighted by Crippen LogP contribution is -2.06. The molecule has 2 aromatic rings. The third-order valence-corrected chi connectivity index (χ3v) is 2.96. The number of halogens is 1. The predicted octanol–water partition coefficient (Wildman–Crippen LogP) is 2.44. The number of hydrogen-bond donors (Lipinski definition) is 1. The van der Waals surface area contributed by atoms with Gasteiger partial charge in [0.15, 0.2) is 17.2 Å². The van der Waals surface area contributed by atoms with Gasteiger partial charge in [0, 0.05) is 12.5 Å². The van der Waals surface area contributed by atoms with Crippen molar-refractivity contribution in [3.05, 3.63) is 46.5 Å². The quantitative estimate of drug-likeness (QED) is 0.854. The van der Waals surface area contributed by atoms with Crippen LogP contribution in [0.15, 0.2) is 24.3 Å². The number of carboxylic acid groups (broad SMARTS) is 1. The summed E-state index contributed by atoms with van der Waals surface area (Å²) in [6.45, 7) is 0. The van der Waals surface area contributed by atoms with E-state index < -0.39 is 5.97 Å². The van der Waals surface area contributed by atoms with Gasteiger partial charge in [-0.05, 0) is 17.7 Å². The lowest BCUT2D eigenvalue weighted by atomic mass is 10.1. The molecule has 0 aliphatic carbocycles. The van der Waals surface area contributed by atoms with E-state index in [1.807, 2.05) is 6.07 Å². The second kappa shape index (κ2) is 6.41. The molecule has 21 heavy (non-hydrogen) atoms. The van der Waals surface area contributed by atoms with Crippen LogP contribution in [0, 0.1) is 0 Å². The molecule has 0 unspecified atom stereocenters. The Bertz CT molecular complexity index is 676. The van der Waals surface area contributed by atoms with Gasteiger partial charge in [-0.15, -0.1) is 0 Å². The Balaban J connectivity index is 2.31. The smallest absolute Gasteiger partial charge is 0.354 e. The number of benzene rings is 1. The molecule has 0 bridgehead atoms. The van der Waals surface area contributed by atoms with Gasteiger partial charge >= 0.3 is 5.97 Å². The molecule has 0 amide bonds. The van der Waals surface area contributed by atoms with Crippen molar-refractivity contribution in [3.63, 3.8) is 0 Å². The molecule has 0 saturated heterocycles. The number of methoxy groups -OCH3 is 2. The van der Waals surface area contributed by atoms with Crippen LogP contribution in [0.3, 0.4) is 0 Å². The van der Waals surface area contributed by atoms with Crippen LogP contribution in [0.25, 0.3) is 0 Å². The van der Waals surface area contributed by atoms with E-state index in [1.165, 1.54) is 6.07 Å². The molecule has 0 spiro atoms. The first kappa shape index (κ1) is 15.1. The Hall–Kier alpha value is -2.34. The van der Waals surface area contributed by atoms with E-state index in [9.17, 15) is 4.79 Å². The van der Waals surface area contributed by atoms with E-state index >= 15 is 0 Å². The van der Waals surface area contributed by atoms with Crippen molar-refractivity contribution in [2.24, 2.45) is 0 Å². The first-order chi connectivity index (χ1) is 10.0. The number of rotatable bonds is 5. The van der Waals surface area contributed by atoms with Crippen LogP contribution in [-0.2, 0) is 6.42 Å². The molecule has 0 aliphatic rings. The number of aromatic carboxylic acids is 1. The predicted molar refractivity (Wildman–Crippen MR) is 76.4 cm³/mol. The summed E-state index contributed by atoms with van der Waals surface area (Å²) in [7, 11) is 3.09. The van der Waals surface area contributed by atoms with Gasteiger partial charge in [-0.3, -0.25) is 0 Å². The highest BCUT2D eigenvalue weighted by Gasteiger charge is 2.11. The maximum Gasteiger partial charge on any atom is 0.354 e. The number of hydrogen-bond acceptors (Lipinski definition) is 5. The highest BCUT2D eigenvalue weighted by molar-refractivity contribution is 6.29. The molecule has 1 aromatic heterocycles. The van der Waals surface area contributed by atoms with Crippen molar-refractivity contribution in [2.45, 2.75) is 6.42 Å². The van der Waals surface area contributed by atoms with Gasteiger partial charge in [0.05, 0.1) is 14.2 Å². The summed E-state index contributed by atoms with van der Waals surface area (Å²) in [6.07, 6.45) is 0.335. The molecule has 6 nitrogen and oxygen atoms in total. The largest absolute Gasteiger partial charge is 0.493 e. The van der Waals surface area contributed by atoms with Crippen molar-refractivity contribution in [1.82, 2.24) is 9.97 Å². The minimum Gasteiger partial charge on any atom is -0.493 e. The molecule has 1 N–H and O–H groups in total. The Morgan fingerprint density at radius 1 is 1.19 bits per heavy atom. The number of carbonyl (C=O) groups is 1. The summed E-state index contributed by atoms with van der Waals surface area (Å²) in [5.41, 5.74) is 0.719. The molecule has 1 aromatic carbocycles. The lowest BCUT2D eigenvalue weighted by molar-refractivity contribution is 0.0690. The van der Waals surface area contributed by atoms with Gasteiger partial charge in [0.1, 0.15) is 11.0 Å². The van der Waals surface area contributed by atoms with Crippen molar-refractivity contribution in [1.29, 1.82) is 0 Å². The van der Waals surface area contributed by atoms with Crippen molar-refractivity contribution in [3.8, 4) is 11.5 Å². The fourth-order valence-corrected chi connectivity index (χ4v) is 2.03. The van der Waals surface area contributed by atoms with Crippen LogP contribution in [-0.4, -0.2) is 35.3 Å². The normalized spacial score (nSPS) is 10.2. The Labute approximate surface area is 126 Å². The highest BCUT2D eigenvalue weighted by Crippen LogP contribution is 2.28. The van der Waals surface area contributed by atoms with Gasteiger partial charge in [0.2, 0.25) is 0 Å². The van der Waals surface area contributed by atoms with E-state index in [2.05, 4.69) is 9.97 Å². The number of aromatic nitrogens is 2. The summed E-state index contributed by atoms with van der Waals surface area (Å²) in [5, 5.41) is 9.06. The molecular weight excluding hydrogens is 296 g/mol. The molecule has 0 radical (unpaired) electrons. The van der Waals surface area contributed by atoms with E-state index in [4.69, 9.17) is 26.2 Å². The van der Waals surface area contributed by atoms with E-state index in [0.29, 0.717) is 23.7 Å². The Morgan fingerprint density at radius 2 is 1.90 bits per heavy atom. The zero-order valence-corrected chi connectivity index (χ0v) is 12.2. The minimum atomic E-state index is -1.15. The fraction of sp³-hybridized carbons (Fsp3) is 0.214. The molecular formula is C14H13ClN2O4. The standard InChI is InChI=1S/C14H13ClN2O4/c1-20-10-4-3-8(5-11(10)21-2)6-13-16-9(14(18)19)7-12(15)17-13/h3-5,7H,6H2,1-2H3,(H,18,19). The maximum absolute atomic E-state index is 11.0. The molecule has 0 saturated carbocycles. The van der Waals surface area contributed by atoms with Crippen LogP contribution in [0.1, 0.15) is 21.9 Å². The van der Waals surface area contributed by atoms with Gasteiger partial charge in [0.25, 0.3) is 0 Å². The Kier molecular flexibility index (Phi) is 4.59. The topological polar surface area (TPSA) is 81.5 Å². The number of ether oxygens (including phenoxy) is 2. The van der Waals surface area contributed by atoms with E-state index in [0.717, 1.165) is 5.56 Å². The van der Waals surface area contributed by atoms with Crippen LogP contribution in [0.5, 0.6) is 11.5 Å². The fourth-order valence-electron chi connectivity index (χ4n) is 1.83. The van der Waals surface area contributed by atoms with Crippen LogP contribution in [0.2, 0.25) is 5.15 Å². The third kappa shape index (κ3) is 3.61. The second-order valence-electron chi connectivity index (χ2n) is 4.16. The molecule has 0 aliphatic heterocycles. The number of nitrogens with zero attached hydrogens (tertiary/aromatic N) is 2. The van der Waals surface area contributed by atoms with E-state index in [1.54, 1.807) is 26.4 Å². The SMILES string of the molecule is COc1ccc(Cc2nc(Cl)cc(C(=O)O)n2)cc1OC. The minimum absolute atomic E-state index is 0.0953. The van der Waals surface area contributed by atoms with Crippen LogP contribution in [0.4, 0.5) is 0 Å². The molecule has 0 atom stereocenters. The highest BCUT2D eigenvalue weighted by atomic mass is 35.5. The zero-order chi connectivity index (χ0) is 15.4. The van der Waals surface area contributed by atoms with Gasteiger partial charge in [-0.1, -0.05) is 17.7 Å². The molecule has 1 heterocycles. The molecule has 2 rings (SSSR count). The maximum atomic E-state index is 11.0. The Morgan fingerprint density at radius 3 is 2.52 bits per heavy atom. The summed E-state index contributed by atoms with van der Waals surface area (Å²) in [6, 6.07) is 6.58. The van der Waals surface area contributed by atoms with Gasteiger partial charge in [-0.25, -0.2) is 14.8 Å². The second-order valence-corrected chi connectivity index (χ2v) is 4.55. The molecule has 0 fully saturated rings. The van der Waals surface area contributed by atoms with Crippen molar-refractivity contribution >= 4 is 17.6 Å². The van der Waals surface area contributed by atoms with E-state index in [-0.39, 0.29) is 10.8 Å².